The van der Waals surface area contributed by atoms with Crippen LogP contribution in [0, 0.1) is 0 Å². The molecule has 2 aliphatic heterocycles. The van der Waals surface area contributed by atoms with Crippen LogP contribution in [0.1, 0.15) is 18.5 Å². The first kappa shape index (κ1) is 20.6. The van der Waals surface area contributed by atoms with Gasteiger partial charge in [0.05, 0.1) is 0 Å². The molecule has 1 aromatic carbocycles. The third-order valence-corrected chi connectivity index (χ3v) is 6.71. The first-order chi connectivity index (χ1) is 13.1. The van der Waals surface area contributed by atoms with E-state index in [9.17, 15) is 14.4 Å². The van der Waals surface area contributed by atoms with Gasteiger partial charge >= 0.3 is 5.97 Å². The second-order valence-corrected chi connectivity index (χ2v) is 13.4. The molecule has 3 rings (SSSR count). The highest BCUT2D eigenvalue weighted by Gasteiger charge is 2.54. The van der Waals surface area contributed by atoms with Crippen LogP contribution in [0.2, 0.25) is 19.6 Å². The molecule has 3 N–H and O–H groups in total. The van der Waals surface area contributed by atoms with E-state index in [4.69, 9.17) is 10.2 Å². The van der Waals surface area contributed by atoms with Gasteiger partial charge in [0.2, 0.25) is 14.2 Å². The third kappa shape index (κ3) is 4.01. The Hall–Kier alpha value is -2.10. The summed E-state index contributed by atoms with van der Waals surface area (Å²) >= 11 is 1.52. The summed E-state index contributed by atoms with van der Waals surface area (Å²) in [4.78, 5) is 39.3. The molecule has 28 heavy (non-hydrogen) atoms. The maximum atomic E-state index is 12.7. The van der Waals surface area contributed by atoms with Gasteiger partial charge in [-0.1, -0.05) is 30.3 Å². The Bertz CT molecular complexity index is 837. The highest BCUT2D eigenvalue weighted by molar-refractivity contribution is 8.00. The van der Waals surface area contributed by atoms with Gasteiger partial charge < -0.3 is 15.5 Å². The van der Waals surface area contributed by atoms with Gasteiger partial charge in [-0.15, -0.1) is 11.8 Å². The molecule has 2 aliphatic rings. The van der Waals surface area contributed by atoms with Crippen LogP contribution in [-0.2, 0) is 18.8 Å². The molecule has 1 saturated heterocycles. The molecule has 0 aromatic heterocycles. The van der Waals surface area contributed by atoms with Crippen molar-refractivity contribution in [1.82, 2.24) is 10.2 Å². The van der Waals surface area contributed by atoms with E-state index in [-0.39, 0.29) is 11.3 Å². The van der Waals surface area contributed by atoms with Crippen LogP contribution in [-0.4, -0.2) is 48.2 Å². The lowest BCUT2D eigenvalue weighted by Gasteiger charge is -2.50. The van der Waals surface area contributed by atoms with Crippen molar-refractivity contribution >= 4 is 37.9 Å². The molecule has 0 radical (unpaired) electrons. The standard InChI is InChI=1S/C19H25N3O4SSi/c1-11-10-27-18-14(21-16(23)13(20)12-8-6-5-7-9-12)17(24)22(18)15(11)19(25)26-28(2,3)4/h5-9,13-14,18H,10,20H2,1-4H3,(H,21,23)/t13-,14?,18?/m1/s1. The summed E-state index contributed by atoms with van der Waals surface area (Å²) in [7, 11) is -2.09. The quantitative estimate of drug-likeness (QED) is 0.557. The van der Waals surface area contributed by atoms with Crippen molar-refractivity contribution in [2.24, 2.45) is 5.73 Å². The maximum Gasteiger partial charge on any atom is 0.341 e. The van der Waals surface area contributed by atoms with Crippen molar-refractivity contribution in [2.45, 2.75) is 44.0 Å². The van der Waals surface area contributed by atoms with E-state index >= 15 is 0 Å². The minimum absolute atomic E-state index is 0.312. The topological polar surface area (TPSA) is 102 Å². The molecule has 1 aromatic rings. The molecule has 0 aliphatic carbocycles. The molecule has 0 saturated carbocycles. The molecule has 2 unspecified atom stereocenters. The number of β-lactam (4-membered cyclic amide) rings is 1. The van der Waals surface area contributed by atoms with Gasteiger partial charge in [-0.3, -0.25) is 14.5 Å². The number of rotatable bonds is 5. The molecule has 0 bridgehead atoms. The number of thioether (sulfide) groups is 1. The highest BCUT2D eigenvalue weighted by Crippen LogP contribution is 2.40. The number of hydrogen-bond acceptors (Lipinski definition) is 6. The fourth-order valence-electron chi connectivity index (χ4n) is 3.14. The minimum atomic E-state index is -2.09. The Morgan fingerprint density at radius 3 is 2.54 bits per heavy atom. The summed E-state index contributed by atoms with van der Waals surface area (Å²) in [6, 6.07) is 7.44. The number of nitrogens with zero attached hydrogens (tertiary/aromatic N) is 1. The van der Waals surface area contributed by atoms with E-state index in [0.29, 0.717) is 17.0 Å². The smallest absolute Gasteiger partial charge is 0.341 e. The van der Waals surface area contributed by atoms with Crippen molar-refractivity contribution in [3.8, 4) is 0 Å². The molecular weight excluding hydrogens is 394 g/mol. The van der Waals surface area contributed by atoms with E-state index in [1.54, 1.807) is 24.3 Å². The summed E-state index contributed by atoms with van der Waals surface area (Å²) < 4.78 is 5.59. The monoisotopic (exact) mass is 419 g/mol. The normalized spacial score (nSPS) is 22.9. The van der Waals surface area contributed by atoms with Crippen LogP contribution in [0.5, 0.6) is 0 Å². The largest absolute Gasteiger partial charge is 0.515 e. The first-order valence-corrected chi connectivity index (χ1v) is 13.5. The van der Waals surface area contributed by atoms with E-state index in [2.05, 4.69) is 5.32 Å². The van der Waals surface area contributed by atoms with Crippen molar-refractivity contribution in [2.75, 3.05) is 5.75 Å². The van der Waals surface area contributed by atoms with Crippen molar-refractivity contribution in [1.29, 1.82) is 0 Å². The Morgan fingerprint density at radius 1 is 1.29 bits per heavy atom. The molecule has 0 spiro atoms. The molecule has 3 atom stereocenters. The van der Waals surface area contributed by atoms with Crippen LogP contribution in [0.3, 0.4) is 0 Å². The molecule has 9 heteroatoms. The summed E-state index contributed by atoms with van der Waals surface area (Å²) in [6.07, 6.45) is 0. The van der Waals surface area contributed by atoms with Crippen molar-refractivity contribution in [3.63, 3.8) is 0 Å². The average molecular weight is 420 g/mol. The van der Waals surface area contributed by atoms with E-state index in [1.807, 2.05) is 32.6 Å². The Balaban J connectivity index is 1.71. The zero-order valence-corrected chi connectivity index (χ0v) is 18.2. The summed E-state index contributed by atoms with van der Waals surface area (Å²) in [5.41, 5.74) is 7.82. The zero-order chi connectivity index (χ0) is 20.6. The Labute approximate surface area is 169 Å². The molecular formula is C19H25N3O4SSi. The molecule has 2 heterocycles. The fraction of sp³-hybridized carbons (Fsp3) is 0.421. The third-order valence-electron chi connectivity index (χ3n) is 4.49. The number of nitrogens with one attached hydrogen (secondary N) is 1. The van der Waals surface area contributed by atoms with Crippen LogP contribution in [0.15, 0.2) is 41.6 Å². The van der Waals surface area contributed by atoms with Crippen LogP contribution >= 0.6 is 11.8 Å². The first-order valence-electron chi connectivity index (χ1n) is 9.09. The average Bonchev–Trinajstić information content (AvgIpc) is 2.64. The number of fused-ring (bicyclic) bond motifs is 1. The van der Waals surface area contributed by atoms with E-state index in [1.165, 1.54) is 16.7 Å². The van der Waals surface area contributed by atoms with Gasteiger partial charge in [0.1, 0.15) is 23.2 Å². The number of nitrogens with two attached hydrogens (primary N) is 1. The summed E-state index contributed by atoms with van der Waals surface area (Å²) in [5.74, 6) is -0.585. The van der Waals surface area contributed by atoms with Crippen molar-refractivity contribution < 1.29 is 18.8 Å². The Kier molecular flexibility index (Phi) is 5.69. The van der Waals surface area contributed by atoms with E-state index in [0.717, 1.165) is 5.57 Å². The SMILES string of the molecule is CC1=C(C(=O)O[Si](C)(C)C)N2C(=O)C(NC(=O)[C@H](N)c3ccccc3)C2SC1. The molecule has 7 nitrogen and oxygen atoms in total. The van der Waals surface area contributed by atoms with Crippen LogP contribution < -0.4 is 11.1 Å². The van der Waals surface area contributed by atoms with Crippen LogP contribution in [0.25, 0.3) is 0 Å². The molecule has 150 valence electrons. The van der Waals surface area contributed by atoms with Crippen molar-refractivity contribution in [3.05, 3.63) is 47.2 Å². The van der Waals surface area contributed by atoms with E-state index < -0.39 is 32.3 Å². The lowest BCUT2D eigenvalue weighted by molar-refractivity contribution is -0.150. The number of amides is 2. The lowest BCUT2D eigenvalue weighted by atomic mass is 10.0. The number of hydrogen-bond donors (Lipinski definition) is 2. The van der Waals surface area contributed by atoms with Gasteiger partial charge in [-0.25, -0.2) is 4.79 Å². The zero-order valence-electron chi connectivity index (χ0n) is 16.4. The predicted molar refractivity (Wildman–Crippen MR) is 111 cm³/mol. The minimum Gasteiger partial charge on any atom is -0.515 e. The second kappa shape index (κ2) is 7.73. The number of carbonyl (C=O) groups excluding carboxylic acids is 3. The fourth-order valence-corrected chi connectivity index (χ4v) is 5.09. The predicted octanol–water partition coefficient (Wildman–Crippen LogP) is 1.74. The van der Waals surface area contributed by atoms with Gasteiger partial charge in [-0.05, 0) is 37.7 Å². The Morgan fingerprint density at radius 2 is 1.93 bits per heavy atom. The summed E-state index contributed by atoms with van der Waals surface area (Å²) in [6.45, 7) is 7.58. The van der Waals surface area contributed by atoms with Gasteiger partial charge in [0.15, 0.2) is 0 Å². The number of carbonyl (C=O) groups is 3. The van der Waals surface area contributed by atoms with Crippen LogP contribution in [0.4, 0.5) is 0 Å². The number of benzene rings is 1. The molecule has 1 fully saturated rings. The summed E-state index contributed by atoms with van der Waals surface area (Å²) in [5, 5.41) is 2.42. The maximum absolute atomic E-state index is 12.7. The lowest BCUT2D eigenvalue weighted by Crippen LogP contribution is -2.71. The van der Waals surface area contributed by atoms with Gasteiger partial charge in [0, 0.05) is 5.75 Å². The van der Waals surface area contributed by atoms with Gasteiger partial charge in [0.25, 0.3) is 5.91 Å². The van der Waals surface area contributed by atoms with Gasteiger partial charge in [-0.2, -0.15) is 0 Å². The highest BCUT2D eigenvalue weighted by atomic mass is 32.2. The second-order valence-electron chi connectivity index (χ2n) is 7.92. The molecule has 2 amide bonds.